The summed E-state index contributed by atoms with van der Waals surface area (Å²) in [4.78, 5) is 28.2. The largest absolute Gasteiger partial charge is 0.352 e. The molecule has 1 heterocycles. The van der Waals surface area contributed by atoms with Crippen LogP contribution in [0.2, 0.25) is 5.02 Å². The highest BCUT2D eigenvalue weighted by molar-refractivity contribution is 6.30. The van der Waals surface area contributed by atoms with E-state index in [-0.39, 0.29) is 17.9 Å². The summed E-state index contributed by atoms with van der Waals surface area (Å²) in [7, 11) is 0. The molecule has 1 aromatic carbocycles. The highest BCUT2D eigenvalue weighted by Gasteiger charge is 2.24. The summed E-state index contributed by atoms with van der Waals surface area (Å²) >= 11 is 5.84. The molecule has 0 atom stereocenters. The lowest BCUT2D eigenvalue weighted by atomic mass is 10.1. The molecule has 0 spiro atoms. The molecule has 3 rings (SSSR count). The Morgan fingerprint density at radius 1 is 1.08 bits per heavy atom. The minimum Gasteiger partial charge on any atom is -0.352 e. The van der Waals surface area contributed by atoms with Crippen LogP contribution in [0.15, 0.2) is 42.7 Å². The average molecular weight is 344 g/mol. The standard InChI is InChI=1S/C18H18ClN3O2/c19-15-3-1-12(2-4-15)7-8-21-17(23)13-9-14(11-20-10-13)18(24)22-16-5-6-16/h1-4,9-11,16H,5-8H2,(H,21,23)(H,22,24). The molecule has 2 amide bonds. The average Bonchev–Trinajstić information content (AvgIpc) is 3.40. The van der Waals surface area contributed by atoms with Crippen LogP contribution in [0.4, 0.5) is 0 Å². The lowest BCUT2D eigenvalue weighted by Crippen LogP contribution is -2.28. The Morgan fingerprint density at radius 3 is 2.42 bits per heavy atom. The summed E-state index contributed by atoms with van der Waals surface area (Å²) < 4.78 is 0. The molecule has 0 saturated heterocycles. The van der Waals surface area contributed by atoms with Gasteiger partial charge in [-0.05, 0) is 43.0 Å². The van der Waals surface area contributed by atoms with E-state index < -0.39 is 0 Å². The number of aromatic nitrogens is 1. The van der Waals surface area contributed by atoms with Crippen LogP contribution >= 0.6 is 11.6 Å². The highest BCUT2D eigenvalue weighted by Crippen LogP contribution is 2.19. The Kier molecular flexibility index (Phi) is 5.11. The zero-order valence-electron chi connectivity index (χ0n) is 13.1. The normalized spacial score (nSPS) is 13.4. The third kappa shape index (κ3) is 4.55. The number of halogens is 1. The fraction of sp³-hybridized carbons (Fsp3) is 0.278. The molecule has 6 heteroatoms. The van der Waals surface area contributed by atoms with Gasteiger partial charge in [-0.3, -0.25) is 14.6 Å². The summed E-state index contributed by atoms with van der Waals surface area (Å²) in [6.07, 6.45) is 5.68. The van der Waals surface area contributed by atoms with Crippen molar-refractivity contribution in [1.29, 1.82) is 0 Å². The molecule has 1 aliphatic rings. The Labute approximate surface area is 145 Å². The van der Waals surface area contributed by atoms with Crippen LogP contribution in [-0.2, 0) is 6.42 Å². The Balaban J connectivity index is 1.54. The van der Waals surface area contributed by atoms with Crippen molar-refractivity contribution in [2.24, 2.45) is 0 Å². The van der Waals surface area contributed by atoms with Crippen LogP contribution in [0, 0.1) is 0 Å². The molecule has 0 unspecified atom stereocenters. The number of hydrogen-bond acceptors (Lipinski definition) is 3. The molecule has 124 valence electrons. The summed E-state index contributed by atoms with van der Waals surface area (Å²) in [5.74, 6) is -0.418. The number of carbonyl (C=O) groups excluding carboxylic acids is 2. The van der Waals surface area contributed by atoms with Gasteiger partial charge in [-0.1, -0.05) is 23.7 Å². The topological polar surface area (TPSA) is 71.1 Å². The predicted octanol–water partition coefficient (Wildman–Crippen LogP) is 2.60. The number of nitrogens with one attached hydrogen (secondary N) is 2. The van der Waals surface area contributed by atoms with Crippen LogP contribution < -0.4 is 10.6 Å². The van der Waals surface area contributed by atoms with Crippen molar-refractivity contribution in [3.63, 3.8) is 0 Å². The molecule has 1 saturated carbocycles. The Morgan fingerprint density at radius 2 is 1.75 bits per heavy atom. The Bertz CT molecular complexity index is 742. The lowest BCUT2D eigenvalue weighted by Gasteiger charge is -2.07. The van der Waals surface area contributed by atoms with E-state index >= 15 is 0 Å². The van der Waals surface area contributed by atoms with Gasteiger partial charge in [0.05, 0.1) is 11.1 Å². The second-order valence-corrected chi connectivity index (χ2v) is 6.28. The third-order valence-electron chi connectivity index (χ3n) is 3.79. The maximum absolute atomic E-state index is 12.2. The van der Waals surface area contributed by atoms with Crippen molar-refractivity contribution in [3.05, 3.63) is 64.4 Å². The van der Waals surface area contributed by atoms with Gasteiger partial charge in [0, 0.05) is 30.0 Å². The van der Waals surface area contributed by atoms with Crippen LogP contribution in [0.25, 0.3) is 0 Å². The first-order valence-corrected chi connectivity index (χ1v) is 8.28. The fourth-order valence-corrected chi connectivity index (χ4v) is 2.38. The number of nitrogens with zero attached hydrogens (tertiary/aromatic N) is 1. The van der Waals surface area contributed by atoms with Crippen LogP contribution in [0.3, 0.4) is 0 Å². The first kappa shape index (κ1) is 16.5. The zero-order valence-corrected chi connectivity index (χ0v) is 13.8. The zero-order chi connectivity index (χ0) is 16.9. The first-order valence-electron chi connectivity index (χ1n) is 7.90. The first-order chi connectivity index (χ1) is 11.6. The van der Waals surface area contributed by atoms with Gasteiger partial charge in [0.15, 0.2) is 0 Å². The van der Waals surface area contributed by atoms with Crippen molar-refractivity contribution in [2.45, 2.75) is 25.3 Å². The molecule has 2 aromatic rings. The van der Waals surface area contributed by atoms with Gasteiger partial charge in [0.1, 0.15) is 0 Å². The number of rotatable bonds is 6. The van der Waals surface area contributed by atoms with E-state index in [9.17, 15) is 9.59 Å². The van der Waals surface area contributed by atoms with Crippen LogP contribution in [-0.4, -0.2) is 29.4 Å². The predicted molar refractivity (Wildman–Crippen MR) is 92.2 cm³/mol. The number of hydrogen-bond donors (Lipinski definition) is 2. The molecule has 0 bridgehead atoms. The molecule has 0 aliphatic heterocycles. The monoisotopic (exact) mass is 343 g/mol. The number of carbonyl (C=O) groups is 2. The lowest BCUT2D eigenvalue weighted by molar-refractivity contribution is 0.0950. The summed E-state index contributed by atoms with van der Waals surface area (Å²) in [6.45, 7) is 0.499. The maximum Gasteiger partial charge on any atom is 0.253 e. The molecule has 5 nitrogen and oxygen atoms in total. The SMILES string of the molecule is O=C(NCCc1ccc(Cl)cc1)c1cncc(C(=O)NC2CC2)c1. The smallest absolute Gasteiger partial charge is 0.253 e. The number of amides is 2. The molecule has 1 aliphatic carbocycles. The van der Waals surface area contributed by atoms with E-state index in [2.05, 4.69) is 15.6 Å². The van der Waals surface area contributed by atoms with Gasteiger partial charge in [0.25, 0.3) is 11.8 Å². The molecule has 2 N–H and O–H groups in total. The Hall–Kier alpha value is -2.40. The molecular weight excluding hydrogens is 326 g/mol. The van der Waals surface area contributed by atoms with Crippen LogP contribution in [0.5, 0.6) is 0 Å². The van der Waals surface area contributed by atoms with E-state index in [1.165, 1.54) is 12.4 Å². The molecule has 24 heavy (non-hydrogen) atoms. The van der Waals surface area contributed by atoms with Gasteiger partial charge in [-0.25, -0.2) is 0 Å². The van der Waals surface area contributed by atoms with E-state index in [1.54, 1.807) is 6.07 Å². The van der Waals surface area contributed by atoms with Crippen molar-refractivity contribution >= 4 is 23.4 Å². The van der Waals surface area contributed by atoms with E-state index in [0.717, 1.165) is 18.4 Å². The van der Waals surface area contributed by atoms with Gasteiger partial charge in [-0.2, -0.15) is 0 Å². The minimum atomic E-state index is -0.238. The second-order valence-electron chi connectivity index (χ2n) is 5.84. The van der Waals surface area contributed by atoms with E-state index in [4.69, 9.17) is 11.6 Å². The number of pyridine rings is 1. The quantitative estimate of drug-likeness (QED) is 0.847. The highest BCUT2D eigenvalue weighted by atomic mass is 35.5. The second kappa shape index (κ2) is 7.45. The van der Waals surface area contributed by atoms with Gasteiger partial charge in [0.2, 0.25) is 0 Å². The van der Waals surface area contributed by atoms with Crippen molar-refractivity contribution in [1.82, 2.24) is 15.6 Å². The molecule has 0 radical (unpaired) electrons. The van der Waals surface area contributed by atoms with Gasteiger partial charge >= 0.3 is 0 Å². The van der Waals surface area contributed by atoms with E-state index in [0.29, 0.717) is 29.1 Å². The fourth-order valence-electron chi connectivity index (χ4n) is 2.26. The molecular formula is C18H18ClN3O2. The summed E-state index contributed by atoms with van der Waals surface area (Å²) in [6, 6.07) is 9.35. The van der Waals surface area contributed by atoms with Crippen molar-refractivity contribution in [3.8, 4) is 0 Å². The summed E-state index contributed by atoms with van der Waals surface area (Å²) in [5.41, 5.74) is 1.89. The van der Waals surface area contributed by atoms with E-state index in [1.807, 2.05) is 24.3 Å². The molecule has 1 fully saturated rings. The maximum atomic E-state index is 12.2. The number of benzene rings is 1. The van der Waals surface area contributed by atoms with Crippen LogP contribution in [0.1, 0.15) is 39.1 Å². The third-order valence-corrected chi connectivity index (χ3v) is 4.04. The minimum absolute atomic E-state index is 0.180. The van der Waals surface area contributed by atoms with Crippen molar-refractivity contribution in [2.75, 3.05) is 6.54 Å². The summed E-state index contributed by atoms with van der Waals surface area (Å²) in [5, 5.41) is 6.41. The van der Waals surface area contributed by atoms with Crippen molar-refractivity contribution < 1.29 is 9.59 Å². The van der Waals surface area contributed by atoms with Gasteiger partial charge < -0.3 is 10.6 Å². The molecule has 1 aromatic heterocycles. The van der Waals surface area contributed by atoms with Gasteiger partial charge in [-0.15, -0.1) is 0 Å².